The van der Waals surface area contributed by atoms with Gasteiger partial charge in [0.05, 0.1) is 11.0 Å². The first kappa shape index (κ1) is 18.5. The summed E-state index contributed by atoms with van der Waals surface area (Å²) in [6, 6.07) is 10.4. The summed E-state index contributed by atoms with van der Waals surface area (Å²) >= 11 is 11.1. The average Bonchev–Trinajstić information content (AvgIpc) is 2.62. The molecule has 0 unspecified atom stereocenters. The monoisotopic (exact) mass is 418 g/mol. The third-order valence-corrected chi connectivity index (χ3v) is 5.30. The van der Waals surface area contributed by atoms with Gasteiger partial charge in [0.15, 0.2) is 10.8 Å². The van der Waals surface area contributed by atoms with Crippen LogP contribution >= 0.6 is 23.8 Å². The number of thiocarbonyl (C=S) groups is 1. The Balaban J connectivity index is 1.73. The number of nitrogens with zero attached hydrogens (tertiary/aromatic N) is 1. The van der Waals surface area contributed by atoms with Crippen LogP contribution in [0.15, 0.2) is 42.5 Å². The van der Waals surface area contributed by atoms with Gasteiger partial charge in [0.2, 0.25) is 5.91 Å². The molecule has 0 spiro atoms. The lowest BCUT2D eigenvalue weighted by Gasteiger charge is -2.50. The largest absolute Gasteiger partial charge is 0.467 e. The highest BCUT2D eigenvalue weighted by Crippen LogP contribution is 2.46. The molecular weight excluding hydrogens is 404 g/mol. The fourth-order valence-corrected chi connectivity index (χ4v) is 4.05. The van der Waals surface area contributed by atoms with Crippen LogP contribution in [0, 0.1) is 16.0 Å². The first-order chi connectivity index (χ1) is 13.3. The molecule has 2 aromatic rings. The quantitative estimate of drug-likeness (QED) is 0.399. The van der Waals surface area contributed by atoms with E-state index in [1.807, 2.05) is 0 Å². The Morgan fingerprint density at radius 3 is 2.71 bits per heavy atom. The number of nitrogens with one attached hydrogen (secondary N) is 3. The van der Waals surface area contributed by atoms with Gasteiger partial charge in [-0.2, -0.15) is 0 Å². The molecule has 0 aromatic heterocycles. The van der Waals surface area contributed by atoms with E-state index < -0.39 is 22.6 Å². The third kappa shape index (κ3) is 3.12. The molecular formula is C18H15ClN4O4S. The molecule has 2 heterocycles. The van der Waals surface area contributed by atoms with Crippen LogP contribution < -0.4 is 20.7 Å². The lowest BCUT2D eigenvalue weighted by atomic mass is 9.79. The first-order valence-corrected chi connectivity index (χ1v) is 9.18. The number of rotatable bonds is 3. The Morgan fingerprint density at radius 2 is 2.04 bits per heavy atom. The number of nitro benzene ring substituents is 1. The van der Waals surface area contributed by atoms with E-state index in [2.05, 4.69) is 16.0 Å². The van der Waals surface area contributed by atoms with E-state index in [1.165, 1.54) is 18.2 Å². The number of hydrogen-bond acceptors (Lipinski definition) is 5. The van der Waals surface area contributed by atoms with Crippen LogP contribution in [0.5, 0.6) is 5.75 Å². The van der Waals surface area contributed by atoms with Crippen LogP contribution in [-0.4, -0.2) is 21.7 Å². The first-order valence-electron chi connectivity index (χ1n) is 8.39. The van der Waals surface area contributed by atoms with Gasteiger partial charge in [-0.05, 0) is 49.5 Å². The lowest BCUT2D eigenvalue weighted by Crippen LogP contribution is -2.70. The fourth-order valence-electron chi connectivity index (χ4n) is 3.60. The van der Waals surface area contributed by atoms with Crippen LogP contribution in [0.3, 0.4) is 0 Å². The second kappa shape index (κ2) is 6.61. The minimum atomic E-state index is -1.12. The van der Waals surface area contributed by atoms with E-state index in [-0.39, 0.29) is 11.6 Å². The maximum absolute atomic E-state index is 13.1. The van der Waals surface area contributed by atoms with Gasteiger partial charge in [0, 0.05) is 28.4 Å². The molecule has 8 nitrogen and oxygen atoms in total. The van der Waals surface area contributed by atoms with Gasteiger partial charge < -0.3 is 20.7 Å². The number of non-ortho nitro benzene ring substituents is 1. The van der Waals surface area contributed by atoms with Gasteiger partial charge in [-0.15, -0.1) is 0 Å². The highest BCUT2D eigenvalue weighted by molar-refractivity contribution is 7.80. The van der Waals surface area contributed by atoms with E-state index in [0.717, 1.165) is 0 Å². The van der Waals surface area contributed by atoms with Crippen LogP contribution in [0.4, 0.5) is 11.4 Å². The molecule has 1 saturated heterocycles. The summed E-state index contributed by atoms with van der Waals surface area (Å²) < 4.78 is 6.04. The van der Waals surface area contributed by atoms with Crippen molar-refractivity contribution in [1.29, 1.82) is 0 Å². The van der Waals surface area contributed by atoms with Crippen LogP contribution in [0.2, 0.25) is 5.02 Å². The van der Waals surface area contributed by atoms with Crippen molar-refractivity contribution in [2.75, 3.05) is 5.32 Å². The van der Waals surface area contributed by atoms with Gasteiger partial charge in [-0.25, -0.2) is 0 Å². The number of halogens is 1. The summed E-state index contributed by atoms with van der Waals surface area (Å²) in [5.41, 5.74) is -0.128. The molecule has 4 rings (SSSR count). The molecule has 144 valence electrons. The van der Waals surface area contributed by atoms with Gasteiger partial charge in [0.1, 0.15) is 11.7 Å². The smallest absolute Gasteiger partial charge is 0.270 e. The van der Waals surface area contributed by atoms with Crippen molar-refractivity contribution in [2.45, 2.75) is 18.7 Å². The molecule has 2 bridgehead atoms. The van der Waals surface area contributed by atoms with Gasteiger partial charge in [-0.3, -0.25) is 14.9 Å². The Bertz CT molecular complexity index is 1000. The predicted molar refractivity (Wildman–Crippen MR) is 107 cm³/mol. The Hall–Kier alpha value is -2.91. The summed E-state index contributed by atoms with van der Waals surface area (Å²) in [5.74, 6) is -0.616. The number of hydrogen-bond donors (Lipinski definition) is 3. The molecule has 3 N–H and O–H groups in total. The molecule has 0 saturated carbocycles. The molecule has 1 amide bonds. The molecule has 2 aliphatic heterocycles. The van der Waals surface area contributed by atoms with Crippen molar-refractivity contribution < 1.29 is 14.5 Å². The second-order valence-electron chi connectivity index (χ2n) is 6.74. The SMILES string of the molecule is C[C@]12NC(=S)N[C@@H](c3cc([N+](=O)[O-])ccc3O1)[C@@H]2C(=O)Nc1ccc(Cl)cc1. The fraction of sp³-hybridized carbons (Fsp3) is 0.222. The summed E-state index contributed by atoms with van der Waals surface area (Å²) in [5, 5.41) is 21.0. The number of benzene rings is 2. The minimum absolute atomic E-state index is 0.0888. The standard InChI is InChI=1S/C18H15ClN4O4S/c1-18-14(16(24)20-10-4-2-9(19)3-5-10)15(21-17(28)22-18)12-8-11(23(25)26)6-7-13(12)27-18/h2-8,14-15H,1H3,(H,20,24)(H2,21,22,28)/t14-,15+,18+/m1/s1. The van der Waals surface area contributed by atoms with E-state index in [1.54, 1.807) is 31.2 Å². The molecule has 0 radical (unpaired) electrons. The van der Waals surface area contributed by atoms with E-state index in [4.69, 9.17) is 28.6 Å². The highest BCUT2D eigenvalue weighted by Gasteiger charge is 2.55. The van der Waals surface area contributed by atoms with Crippen molar-refractivity contribution in [3.05, 3.63) is 63.2 Å². The van der Waals surface area contributed by atoms with Crippen molar-refractivity contribution >= 4 is 46.2 Å². The topological polar surface area (TPSA) is 106 Å². The summed E-state index contributed by atoms with van der Waals surface area (Å²) in [4.78, 5) is 23.8. The zero-order valence-electron chi connectivity index (χ0n) is 14.6. The Morgan fingerprint density at radius 1 is 1.32 bits per heavy atom. The van der Waals surface area contributed by atoms with Crippen molar-refractivity contribution in [2.24, 2.45) is 5.92 Å². The number of ether oxygens (including phenoxy) is 1. The van der Waals surface area contributed by atoms with Crippen LogP contribution in [-0.2, 0) is 4.79 Å². The number of nitro groups is 1. The number of fused-ring (bicyclic) bond motifs is 4. The number of carbonyl (C=O) groups excluding carboxylic acids is 1. The molecule has 2 aromatic carbocycles. The number of carbonyl (C=O) groups is 1. The average molecular weight is 419 g/mol. The molecule has 10 heteroatoms. The predicted octanol–water partition coefficient (Wildman–Crippen LogP) is 3.13. The molecule has 1 fully saturated rings. The van der Waals surface area contributed by atoms with Gasteiger partial charge in [0.25, 0.3) is 5.69 Å². The maximum atomic E-state index is 13.1. The van der Waals surface area contributed by atoms with Crippen molar-refractivity contribution in [1.82, 2.24) is 10.6 Å². The van der Waals surface area contributed by atoms with Crippen LogP contribution in [0.1, 0.15) is 18.5 Å². The van der Waals surface area contributed by atoms with E-state index in [0.29, 0.717) is 27.1 Å². The van der Waals surface area contributed by atoms with Gasteiger partial charge >= 0.3 is 0 Å². The summed E-state index contributed by atoms with van der Waals surface area (Å²) in [6.07, 6.45) is 0. The van der Waals surface area contributed by atoms with Crippen molar-refractivity contribution in [3.8, 4) is 5.75 Å². The minimum Gasteiger partial charge on any atom is -0.467 e. The molecule has 2 aliphatic rings. The summed E-state index contributed by atoms with van der Waals surface area (Å²) in [6.45, 7) is 1.73. The zero-order chi connectivity index (χ0) is 20.1. The molecule has 28 heavy (non-hydrogen) atoms. The maximum Gasteiger partial charge on any atom is 0.270 e. The zero-order valence-corrected chi connectivity index (χ0v) is 16.1. The Labute approximate surface area is 170 Å². The lowest BCUT2D eigenvalue weighted by molar-refractivity contribution is -0.385. The third-order valence-electron chi connectivity index (χ3n) is 4.83. The highest BCUT2D eigenvalue weighted by atomic mass is 35.5. The van der Waals surface area contributed by atoms with Gasteiger partial charge in [-0.1, -0.05) is 11.6 Å². The van der Waals surface area contributed by atoms with E-state index >= 15 is 0 Å². The molecule has 3 atom stereocenters. The van der Waals surface area contributed by atoms with Crippen LogP contribution in [0.25, 0.3) is 0 Å². The summed E-state index contributed by atoms with van der Waals surface area (Å²) in [7, 11) is 0. The number of amides is 1. The normalized spacial score (nSPS) is 24.9. The second-order valence-corrected chi connectivity index (χ2v) is 7.58. The Kier molecular flexibility index (Phi) is 4.35. The number of anilines is 1. The van der Waals surface area contributed by atoms with Crippen molar-refractivity contribution in [3.63, 3.8) is 0 Å². The van der Waals surface area contributed by atoms with E-state index in [9.17, 15) is 14.9 Å². The molecule has 0 aliphatic carbocycles.